The van der Waals surface area contributed by atoms with E-state index in [1.54, 1.807) is 16.2 Å². The number of nitrogens with one attached hydrogen (secondary N) is 1. The van der Waals surface area contributed by atoms with Crippen molar-refractivity contribution in [1.29, 1.82) is 0 Å². The minimum absolute atomic E-state index is 0.0577. The lowest BCUT2D eigenvalue weighted by molar-refractivity contribution is 0.182. The Labute approximate surface area is 124 Å². The molecule has 1 aromatic heterocycles. The molecule has 4 heterocycles. The molecule has 21 heavy (non-hydrogen) atoms. The van der Waals surface area contributed by atoms with Crippen molar-refractivity contribution < 1.29 is 14.3 Å². The minimum atomic E-state index is -0.0692. The third-order valence-corrected chi connectivity index (χ3v) is 5.36. The molecular formula is C14H13N3O3S. The summed E-state index contributed by atoms with van der Waals surface area (Å²) in [5.41, 5.74) is 2.13. The Kier molecular flexibility index (Phi) is 2.29. The summed E-state index contributed by atoms with van der Waals surface area (Å²) in [6, 6.07) is 4.09. The zero-order valence-corrected chi connectivity index (χ0v) is 12.0. The summed E-state index contributed by atoms with van der Waals surface area (Å²) >= 11 is 1.56. The van der Waals surface area contributed by atoms with Gasteiger partial charge in [0.25, 0.3) is 0 Å². The highest BCUT2D eigenvalue weighted by Crippen LogP contribution is 2.39. The van der Waals surface area contributed by atoms with Gasteiger partial charge in [-0.15, -0.1) is 0 Å². The van der Waals surface area contributed by atoms with E-state index in [-0.39, 0.29) is 18.1 Å². The number of rotatable bonds is 1. The first kappa shape index (κ1) is 11.8. The Morgan fingerprint density at radius 2 is 2.33 bits per heavy atom. The van der Waals surface area contributed by atoms with E-state index in [4.69, 9.17) is 14.5 Å². The maximum Gasteiger partial charge on any atom is 0.324 e. The number of benzene rings is 1. The Bertz CT molecular complexity index is 759. The Morgan fingerprint density at radius 3 is 3.29 bits per heavy atom. The molecule has 0 bridgehead atoms. The summed E-state index contributed by atoms with van der Waals surface area (Å²) in [5.74, 6) is 0.923. The number of aromatic nitrogens is 1. The Morgan fingerprint density at radius 1 is 1.38 bits per heavy atom. The van der Waals surface area contributed by atoms with Crippen LogP contribution in [0, 0.1) is 0 Å². The number of thiazole rings is 1. The number of anilines is 1. The molecular weight excluding hydrogens is 290 g/mol. The molecule has 3 aliphatic heterocycles. The lowest BCUT2D eigenvalue weighted by atomic mass is 10.1. The molecule has 0 radical (unpaired) electrons. The maximum atomic E-state index is 12.2. The standard InChI is InChI=1S/C14H13N3O3S/c18-13-15-8-5-19-6-9(8)17(13)14-16-12-7-3-4-20-10(7)1-2-11(12)21-14/h1-2,8-9H,3-6H2,(H,15,18). The van der Waals surface area contributed by atoms with Gasteiger partial charge < -0.3 is 14.8 Å². The van der Waals surface area contributed by atoms with E-state index >= 15 is 0 Å². The van der Waals surface area contributed by atoms with Crippen molar-refractivity contribution >= 4 is 32.7 Å². The number of carbonyl (C=O) groups excluding carboxylic acids is 1. The van der Waals surface area contributed by atoms with Gasteiger partial charge in [0.15, 0.2) is 5.13 Å². The van der Waals surface area contributed by atoms with E-state index in [2.05, 4.69) is 5.32 Å². The molecule has 2 fully saturated rings. The minimum Gasteiger partial charge on any atom is -0.493 e. The molecule has 2 unspecified atom stereocenters. The van der Waals surface area contributed by atoms with Crippen LogP contribution in [0.2, 0.25) is 0 Å². The lowest BCUT2D eigenvalue weighted by Gasteiger charge is -2.17. The van der Waals surface area contributed by atoms with Crippen LogP contribution in [-0.4, -0.2) is 42.9 Å². The summed E-state index contributed by atoms with van der Waals surface area (Å²) in [7, 11) is 0. The average Bonchev–Trinajstić information content (AvgIpc) is 3.18. The number of carbonyl (C=O) groups is 1. The van der Waals surface area contributed by atoms with E-state index < -0.39 is 0 Å². The average molecular weight is 303 g/mol. The SMILES string of the molecule is O=C1NC2COCC2N1c1nc2c3c(ccc2s1)OCC3. The second kappa shape index (κ2) is 4.08. The van der Waals surface area contributed by atoms with Crippen molar-refractivity contribution in [2.75, 3.05) is 24.7 Å². The number of hydrogen-bond donors (Lipinski definition) is 1. The van der Waals surface area contributed by atoms with Gasteiger partial charge in [0.2, 0.25) is 0 Å². The van der Waals surface area contributed by atoms with Crippen LogP contribution in [0.3, 0.4) is 0 Å². The van der Waals surface area contributed by atoms with Crippen molar-refractivity contribution in [3.63, 3.8) is 0 Å². The van der Waals surface area contributed by atoms with Crippen LogP contribution in [0.5, 0.6) is 5.75 Å². The molecule has 3 aliphatic rings. The van der Waals surface area contributed by atoms with Gasteiger partial charge in [-0.3, -0.25) is 4.90 Å². The maximum absolute atomic E-state index is 12.2. The largest absolute Gasteiger partial charge is 0.493 e. The van der Waals surface area contributed by atoms with Gasteiger partial charge in [0, 0.05) is 12.0 Å². The summed E-state index contributed by atoms with van der Waals surface area (Å²) < 4.78 is 12.1. The Hall–Kier alpha value is -1.86. The van der Waals surface area contributed by atoms with Gasteiger partial charge >= 0.3 is 6.03 Å². The molecule has 2 atom stereocenters. The fraction of sp³-hybridized carbons (Fsp3) is 0.429. The van der Waals surface area contributed by atoms with Crippen molar-refractivity contribution in [3.8, 4) is 5.75 Å². The van der Waals surface area contributed by atoms with Crippen molar-refractivity contribution in [1.82, 2.24) is 10.3 Å². The monoisotopic (exact) mass is 303 g/mol. The molecule has 0 spiro atoms. The van der Waals surface area contributed by atoms with Gasteiger partial charge in [-0.2, -0.15) is 0 Å². The molecule has 7 heteroatoms. The number of urea groups is 1. The molecule has 108 valence electrons. The van der Waals surface area contributed by atoms with Crippen LogP contribution in [0.25, 0.3) is 10.2 Å². The first-order valence-electron chi connectivity index (χ1n) is 7.04. The number of fused-ring (bicyclic) bond motifs is 4. The number of ether oxygens (including phenoxy) is 2. The fourth-order valence-corrected chi connectivity index (χ4v) is 4.36. The molecule has 2 saturated heterocycles. The van der Waals surface area contributed by atoms with E-state index in [1.807, 2.05) is 12.1 Å². The zero-order valence-electron chi connectivity index (χ0n) is 11.2. The molecule has 0 aliphatic carbocycles. The topological polar surface area (TPSA) is 63.7 Å². The van der Waals surface area contributed by atoms with Gasteiger partial charge in [0.05, 0.1) is 42.1 Å². The van der Waals surface area contributed by atoms with Crippen LogP contribution >= 0.6 is 11.3 Å². The predicted octanol–water partition coefficient (Wildman–Crippen LogP) is 1.53. The fourth-order valence-electron chi connectivity index (χ4n) is 3.30. The highest BCUT2D eigenvalue weighted by molar-refractivity contribution is 7.22. The van der Waals surface area contributed by atoms with Gasteiger partial charge in [-0.25, -0.2) is 9.78 Å². The smallest absolute Gasteiger partial charge is 0.324 e. The van der Waals surface area contributed by atoms with E-state index in [9.17, 15) is 4.79 Å². The second-order valence-corrected chi connectivity index (χ2v) is 6.52. The zero-order chi connectivity index (χ0) is 14.0. The van der Waals surface area contributed by atoms with Gasteiger partial charge in [-0.1, -0.05) is 11.3 Å². The third-order valence-electron chi connectivity index (χ3n) is 4.34. The molecule has 1 aromatic carbocycles. The lowest BCUT2D eigenvalue weighted by Crippen LogP contribution is -2.36. The van der Waals surface area contributed by atoms with Crippen molar-refractivity contribution in [2.24, 2.45) is 0 Å². The highest BCUT2D eigenvalue weighted by atomic mass is 32.1. The van der Waals surface area contributed by atoms with Crippen LogP contribution in [0.4, 0.5) is 9.93 Å². The predicted molar refractivity (Wildman–Crippen MR) is 78.2 cm³/mol. The van der Waals surface area contributed by atoms with Crippen LogP contribution < -0.4 is 15.0 Å². The summed E-state index contributed by atoms with van der Waals surface area (Å²) in [5, 5.41) is 3.72. The number of hydrogen-bond acceptors (Lipinski definition) is 5. The molecule has 2 amide bonds. The van der Waals surface area contributed by atoms with E-state index in [0.717, 1.165) is 33.1 Å². The van der Waals surface area contributed by atoms with Crippen molar-refractivity contribution in [2.45, 2.75) is 18.5 Å². The summed E-state index contributed by atoms with van der Waals surface area (Å²) in [6.07, 6.45) is 0.886. The quantitative estimate of drug-likeness (QED) is 0.868. The van der Waals surface area contributed by atoms with Crippen LogP contribution in [0.15, 0.2) is 12.1 Å². The first-order chi connectivity index (χ1) is 10.3. The number of nitrogens with zero attached hydrogens (tertiary/aromatic N) is 2. The summed E-state index contributed by atoms with van der Waals surface area (Å²) in [6.45, 7) is 1.87. The second-order valence-electron chi connectivity index (χ2n) is 5.51. The molecule has 0 saturated carbocycles. The van der Waals surface area contributed by atoms with Gasteiger partial charge in [0.1, 0.15) is 5.75 Å². The highest BCUT2D eigenvalue weighted by Gasteiger charge is 2.45. The third kappa shape index (κ3) is 1.55. The van der Waals surface area contributed by atoms with E-state index in [1.165, 1.54) is 0 Å². The molecule has 5 rings (SSSR count). The first-order valence-corrected chi connectivity index (χ1v) is 7.85. The number of amides is 2. The normalized spacial score (nSPS) is 26.9. The summed E-state index contributed by atoms with van der Waals surface area (Å²) in [4.78, 5) is 18.7. The van der Waals surface area contributed by atoms with Crippen LogP contribution in [0.1, 0.15) is 5.56 Å². The Balaban J connectivity index is 1.63. The molecule has 6 nitrogen and oxygen atoms in total. The molecule has 1 N–H and O–H groups in total. The van der Waals surface area contributed by atoms with Crippen LogP contribution in [-0.2, 0) is 11.2 Å². The van der Waals surface area contributed by atoms with Gasteiger partial charge in [-0.05, 0) is 12.1 Å². The van der Waals surface area contributed by atoms with Crippen molar-refractivity contribution in [3.05, 3.63) is 17.7 Å². The molecule has 2 aromatic rings. The van der Waals surface area contributed by atoms with E-state index in [0.29, 0.717) is 19.8 Å².